The molecule has 2 nitrogen and oxygen atoms in total. The highest BCUT2D eigenvalue weighted by atomic mass is 31.1. The fourth-order valence-electron chi connectivity index (χ4n) is 3.75. The lowest BCUT2D eigenvalue weighted by Crippen LogP contribution is -2.26. The zero-order valence-corrected chi connectivity index (χ0v) is 19.8. The molecular formula is C26H22F6NOP. The Labute approximate surface area is 200 Å². The molecule has 0 bridgehead atoms. The van der Waals surface area contributed by atoms with E-state index in [0.717, 1.165) is 29.6 Å². The summed E-state index contributed by atoms with van der Waals surface area (Å²) in [6.07, 6.45) is -8.99. The van der Waals surface area contributed by atoms with Gasteiger partial charge in [-0.3, -0.25) is 0 Å². The number of aliphatic imine (C=N–C) groups is 1. The Morgan fingerprint density at radius 3 is 1.69 bits per heavy atom. The third kappa shape index (κ3) is 5.53. The zero-order valence-electron chi connectivity index (χ0n) is 18.9. The molecule has 1 heterocycles. The zero-order chi connectivity index (χ0) is 25.4. The van der Waals surface area contributed by atoms with Crippen molar-refractivity contribution in [2.45, 2.75) is 32.2 Å². The molecule has 0 unspecified atom stereocenters. The molecule has 1 aliphatic rings. The third-order valence-corrected chi connectivity index (χ3v) is 8.23. The average Bonchev–Trinajstić information content (AvgIpc) is 3.30. The van der Waals surface area contributed by atoms with Crippen molar-refractivity contribution in [3.63, 3.8) is 0 Å². The minimum atomic E-state index is -4.49. The lowest BCUT2D eigenvalue weighted by atomic mass is 10.1. The van der Waals surface area contributed by atoms with E-state index in [1.54, 1.807) is 12.1 Å². The van der Waals surface area contributed by atoms with Crippen molar-refractivity contribution in [2.24, 2.45) is 10.9 Å². The normalized spacial score (nSPS) is 16.5. The monoisotopic (exact) mass is 509 g/mol. The molecule has 1 atom stereocenters. The molecule has 1 aliphatic heterocycles. The van der Waals surface area contributed by atoms with Gasteiger partial charge in [-0.25, -0.2) is 4.99 Å². The van der Waals surface area contributed by atoms with Crippen molar-refractivity contribution >= 4 is 29.7 Å². The van der Waals surface area contributed by atoms with Crippen molar-refractivity contribution in [2.75, 3.05) is 6.61 Å². The fourth-order valence-corrected chi connectivity index (χ4v) is 6.15. The van der Waals surface area contributed by atoms with E-state index in [4.69, 9.17) is 4.74 Å². The molecule has 0 amide bonds. The van der Waals surface area contributed by atoms with E-state index in [9.17, 15) is 26.3 Å². The SMILES string of the molecule is CC(C)[C@H]1COC(c2ccccc2P(c2ccc(C(F)(F)F)cc2)c2ccc(C(F)(F)F)cc2)=N1. The second-order valence-electron chi connectivity index (χ2n) is 8.50. The van der Waals surface area contributed by atoms with Crippen molar-refractivity contribution in [1.82, 2.24) is 0 Å². The van der Waals surface area contributed by atoms with Gasteiger partial charge in [0.1, 0.15) is 6.61 Å². The molecule has 3 aromatic carbocycles. The molecule has 3 aromatic rings. The molecule has 0 saturated carbocycles. The summed E-state index contributed by atoms with van der Waals surface area (Å²) < 4.78 is 84.8. The maximum Gasteiger partial charge on any atom is 0.416 e. The van der Waals surface area contributed by atoms with Crippen molar-refractivity contribution in [3.8, 4) is 0 Å². The molecule has 35 heavy (non-hydrogen) atoms. The maximum absolute atomic E-state index is 13.2. The smallest absolute Gasteiger partial charge is 0.416 e. The first kappa shape index (κ1) is 25.2. The van der Waals surface area contributed by atoms with Crippen LogP contribution in [0.25, 0.3) is 0 Å². The van der Waals surface area contributed by atoms with E-state index >= 15 is 0 Å². The molecule has 0 fully saturated rings. The summed E-state index contributed by atoms with van der Waals surface area (Å²) in [6, 6.07) is 16.7. The Hall–Kier alpha value is -2.86. The Bertz CT molecular complexity index is 1140. The lowest BCUT2D eigenvalue weighted by Gasteiger charge is -2.23. The second kappa shape index (κ2) is 9.65. The van der Waals surface area contributed by atoms with Crippen molar-refractivity contribution in [3.05, 3.63) is 89.5 Å². The van der Waals surface area contributed by atoms with Crippen molar-refractivity contribution < 1.29 is 31.1 Å². The van der Waals surface area contributed by atoms with Crippen LogP contribution in [0.15, 0.2) is 77.8 Å². The van der Waals surface area contributed by atoms with Gasteiger partial charge in [0, 0.05) is 5.56 Å². The van der Waals surface area contributed by atoms with Crippen LogP contribution in [0.1, 0.15) is 30.5 Å². The van der Waals surface area contributed by atoms with Crippen LogP contribution < -0.4 is 15.9 Å². The number of alkyl halides is 6. The number of halogens is 6. The average molecular weight is 509 g/mol. The molecule has 184 valence electrons. The predicted molar refractivity (Wildman–Crippen MR) is 126 cm³/mol. The third-order valence-electron chi connectivity index (χ3n) is 5.72. The van der Waals surface area contributed by atoms with Crippen LogP contribution in [0.2, 0.25) is 0 Å². The highest BCUT2D eigenvalue weighted by Gasteiger charge is 2.33. The van der Waals surface area contributed by atoms with Gasteiger partial charge in [0.05, 0.1) is 17.2 Å². The van der Waals surface area contributed by atoms with E-state index in [1.165, 1.54) is 24.3 Å². The minimum Gasteiger partial charge on any atom is -0.475 e. The quantitative estimate of drug-likeness (QED) is 0.293. The highest BCUT2D eigenvalue weighted by molar-refractivity contribution is 7.80. The van der Waals surface area contributed by atoms with Gasteiger partial charge >= 0.3 is 12.4 Å². The van der Waals surface area contributed by atoms with Gasteiger partial charge < -0.3 is 4.74 Å². The number of benzene rings is 3. The van der Waals surface area contributed by atoms with E-state index in [2.05, 4.69) is 4.99 Å². The van der Waals surface area contributed by atoms with E-state index in [-0.39, 0.29) is 12.0 Å². The van der Waals surface area contributed by atoms with Gasteiger partial charge in [0.25, 0.3) is 0 Å². The molecule has 0 N–H and O–H groups in total. The van der Waals surface area contributed by atoms with Crippen LogP contribution in [0, 0.1) is 5.92 Å². The lowest BCUT2D eigenvalue weighted by molar-refractivity contribution is -0.138. The van der Waals surface area contributed by atoms with Crippen LogP contribution in [0.4, 0.5) is 26.3 Å². The van der Waals surface area contributed by atoms with Gasteiger partial charge in [-0.05, 0) is 60.1 Å². The maximum atomic E-state index is 13.2. The Morgan fingerprint density at radius 2 is 1.26 bits per heavy atom. The summed E-state index contributed by atoms with van der Waals surface area (Å²) in [4.78, 5) is 4.69. The largest absolute Gasteiger partial charge is 0.475 e. The topological polar surface area (TPSA) is 21.6 Å². The van der Waals surface area contributed by atoms with Gasteiger partial charge in [-0.1, -0.05) is 56.3 Å². The Morgan fingerprint density at radius 1 is 0.771 bits per heavy atom. The standard InChI is InChI=1S/C26H22F6NOP/c1-16(2)22-15-34-24(33-22)21-5-3-4-6-23(21)35(19-11-7-17(8-12-19)25(27,28)29)20-13-9-18(10-14-20)26(30,31)32/h3-14,16,22H,15H2,1-2H3/t22-/m1/s1. The highest BCUT2D eigenvalue weighted by Crippen LogP contribution is 2.38. The van der Waals surface area contributed by atoms with E-state index in [0.29, 0.717) is 28.7 Å². The number of nitrogens with zero attached hydrogens (tertiary/aromatic N) is 1. The molecule has 0 aliphatic carbocycles. The minimum absolute atomic E-state index is 0.0265. The molecule has 0 saturated heterocycles. The molecule has 4 rings (SSSR count). The molecule has 0 aromatic heterocycles. The second-order valence-corrected chi connectivity index (χ2v) is 10.7. The summed E-state index contributed by atoms with van der Waals surface area (Å²) in [7, 11) is -1.50. The molecule has 9 heteroatoms. The summed E-state index contributed by atoms with van der Waals surface area (Å²) in [5.74, 6) is 0.691. The first-order valence-electron chi connectivity index (χ1n) is 10.9. The number of hydrogen-bond acceptors (Lipinski definition) is 2. The van der Waals surface area contributed by atoms with Gasteiger partial charge in [0.15, 0.2) is 0 Å². The molecule has 0 spiro atoms. The molecule has 0 radical (unpaired) electrons. The Balaban J connectivity index is 1.84. The number of ether oxygens (including phenoxy) is 1. The van der Waals surface area contributed by atoms with Gasteiger partial charge in [-0.2, -0.15) is 26.3 Å². The fraction of sp³-hybridized carbons (Fsp3) is 0.269. The van der Waals surface area contributed by atoms with Crippen LogP contribution in [0.5, 0.6) is 0 Å². The summed E-state index contributed by atoms with van der Waals surface area (Å²) in [5.41, 5.74) is -0.901. The molecular weight excluding hydrogens is 487 g/mol. The summed E-state index contributed by atoms with van der Waals surface area (Å²) in [5, 5.41) is 1.88. The van der Waals surface area contributed by atoms with Crippen LogP contribution >= 0.6 is 7.92 Å². The summed E-state index contributed by atoms with van der Waals surface area (Å²) >= 11 is 0. The number of hydrogen-bond donors (Lipinski definition) is 0. The van der Waals surface area contributed by atoms with Crippen LogP contribution in [-0.2, 0) is 17.1 Å². The van der Waals surface area contributed by atoms with Gasteiger partial charge in [-0.15, -0.1) is 0 Å². The van der Waals surface area contributed by atoms with Crippen molar-refractivity contribution in [1.29, 1.82) is 0 Å². The Kier molecular flexibility index (Phi) is 6.96. The van der Waals surface area contributed by atoms with Gasteiger partial charge in [0.2, 0.25) is 5.90 Å². The van der Waals surface area contributed by atoms with E-state index < -0.39 is 31.4 Å². The van der Waals surface area contributed by atoms with E-state index in [1.807, 2.05) is 26.0 Å². The predicted octanol–water partition coefficient (Wildman–Crippen LogP) is 6.28. The number of rotatable bonds is 5. The summed E-state index contributed by atoms with van der Waals surface area (Å²) in [6.45, 7) is 4.48. The van der Waals surface area contributed by atoms with Crippen LogP contribution in [0.3, 0.4) is 0 Å². The first-order chi connectivity index (χ1) is 16.4. The first-order valence-corrected chi connectivity index (χ1v) is 12.2. The van der Waals surface area contributed by atoms with Crippen LogP contribution in [-0.4, -0.2) is 18.5 Å².